The molecule has 0 fully saturated rings. The lowest BCUT2D eigenvalue weighted by atomic mass is 10.3. The summed E-state index contributed by atoms with van der Waals surface area (Å²) in [6, 6.07) is 7.49. The molecule has 2 N–H and O–H groups in total. The number of hydrogen-bond acceptors (Lipinski definition) is 1. The van der Waals surface area contributed by atoms with Crippen LogP contribution in [0.4, 0.5) is 10.5 Å². The predicted octanol–water partition coefficient (Wildman–Crippen LogP) is 3.18. The summed E-state index contributed by atoms with van der Waals surface area (Å²) in [5.74, 6) is 0. The zero-order chi connectivity index (χ0) is 10.7. The quantitative estimate of drug-likeness (QED) is 0.672. The first-order valence-electron chi connectivity index (χ1n) is 4.50. The van der Waals surface area contributed by atoms with Crippen LogP contribution in [0.5, 0.6) is 0 Å². The molecule has 3 nitrogen and oxygen atoms in total. The normalized spacial score (nSPS) is 15.6. The van der Waals surface area contributed by atoms with Gasteiger partial charge in [0.25, 0.3) is 0 Å². The van der Waals surface area contributed by atoms with Crippen LogP contribution >= 0.6 is 10.9 Å². The highest BCUT2D eigenvalue weighted by atomic mass is 32.2. The van der Waals surface area contributed by atoms with E-state index in [0.29, 0.717) is 5.69 Å². The molecule has 2 rings (SSSR count). The molecule has 0 atom stereocenters. The fourth-order valence-electron chi connectivity index (χ4n) is 1.41. The van der Waals surface area contributed by atoms with Gasteiger partial charge in [0.1, 0.15) is 0 Å². The molecule has 15 heavy (non-hydrogen) atoms. The lowest BCUT2D eigenvalue weighted by Crippen LogP contribution is -2.08. The number of thiol groups is 1. The van der Waals surface area contributed by atoms with Gasteiger partial charge in [-0.15, -0.1) is 0 Å². The van der Waals surface area contributed by atoms with E-state index in [1.165, 1.54) is 0 Å². The van der Waals surface area contributed by atoms with Gasteiger partial charge in [-0.25, -0.2) is 4.79 Å². The summed E-state index contributed by atoms with van der Waals surface area (Å²) < 4.78 is 0. The van der Waals surface area contributed by atoms with Crippen LogP contribution in [0.3, 0.4) is 0 Å². The molecule has 1 aromatic rings. The number of anilines is 1. The van der Waals surface area contributed by atoms with Gasteiger partial charge in [0.05, 0.1) is 5.69 Å². The Balaban J connectivity index is 2.33. The Labute approximate surface area is 90.5 Å². The number of para-hydroxylation sites is 1. The zero-order valence-corrected chi connectivity index (χ0v) is 8.82. The first-order valence-corrected chi connectivity index (χ1v) is 5.98. The molecule has 1 amide bonds. The largest absolute Gasteiger partial charge is 0.465 e. The number of allylic oxidation sites excluding steroid dienone is 2. The van der Waals surface area contributed by atoms with E-state index in [1.54, 1.807) is 6.07 Å². The van der Waals surface area contributed by atoms with Crippen LogP contribution in [-0.4, -0.2) is 11.2 Å². The Kier molecular flexibility index (Phi) is 2.78. The van der Waals surface area contributed by atoms with E-state index < -0.39 is 17.0 Å². The van der Waals surface area contributed by atoms with Crippen molar-refractivity contribution in [2.45, 2.75) is 4.90 Å². The molecule has 78 valence electrons. The van der Waals surface area contributed by atoms with Crippen LogP contribution in [0.2, 0.25) is 0 Å². The molecule has 1 aliphatic rings. The maximum atomic E-state index is 10.6. The van der Waals surface area contributed by atoms with Crippen molar-refractivity contribution >= 4 is 22.7 Å². The number of amides is 1. The van der Waals surface area contributed by atoms with Crippen LogP contribution in [0.1, 0.15) is 0 Å². The van der Waals surface area contributed by atoms with Gasteiger partial charge in [0.15, 0.2) is 0 Å². The molecule has 0 saturated heterocycles. The van der Waals surface area contributed by atoms with Gasteiger partial charge in [0, 0.05) is 4.90 Å². The third-order valence-electron chi connectivity index (χ3n) is 2.03. The van der Waals surface area contributed by atoms with Crippen LogP contribution in [0.15, 0.2) is 52.1 Å². The lowest BCUT2D eigenvalue weighted by Gasteiger charge is -2.15. The van der Waals surface area contributed by atoms with E-state index in [2.05, 4.69) is 16.1 Å². The smallest absolute Gasteiger partial charge is 0.409 e. The van der Waals surface area contributed by atoms with Gasteiger partial charge in [-0.05, 0) is 22.9 Å². The third-order valence-corrected chi connectivity index (χ3v) is 3.96. The molecule has 0 unspecified atom stereocenters. The topological polar surface area (TPSA) is 49.3 Å². The summed E-state index contributed by atoms with van der Waals surface area (Å²) in [4.78, 5) is 11.6. The lowest BCUT2D eigenvalue weighted by molar-refractivity contribution is 0.209. The van der Waals surface area contributed by atoms with Gasteiger partial charge >= 0.3 is 6.09 Å². The van der Waals surface area contributed by atoms with Crippen molar-refractivity contribution in [3.8, 4) is 0 Å². The van der Waals surface area contributed by atoms with Gasteiger partial charge in [-0.3, -0.25) is 5.32 Å². The summed E-state index contributed by atoms with van der Waals surface area (Å²) in [5.41, 5.74) is 0.673. The molecule has 0 spiro atoms. The highest BCUT2D eigenvalue weighted by Crippen LogP contribution is 2.45. The van der Waals surface area contributed by atoms with Crippen molar-refractivity contribution in [1.82, 2.24) is 0 Å². The monoisotopic (exact) mass is 221 g/mol. The van der Waals surface area contributed by atoms with Crippen molar-refractivity contribution < 1.29 is 9.90 Å². The summed E-state index contributed by atoms with van der Waals surface area (Å²) in [5, 5.41) is 15.3. The average molecular weight is 221 g/mol. The molecule has 1 heterocycles. The fourth-order valence-corrected chi connectivity index (χ4v) is 3.07. The number of carbonyl (C=O) groups is 1. The second kappa shape index (κ2) is 4.23. The second-order valence-electron chi connectivity index (χ2n) is 3.04. The van der Waals surface area contributed by atoms with E-state index in [0.717, 1.165) is 4.90 Å². The predicted molar refractivity (Wildman–Crippen MR) is 63.6 cm³/mol. The minimum atomic E-state index is -1.02. The molecular formula is C11H11NO2S. The zero-order valence-electron chi connectivity index (χ0n) is 7.92. The van der Waals surface area contributed by atoms with E-state index in [1.807, 2.05) is 30.4 Å². The summed E-state index contributed by atoms with van der Waals surface area (Å²) in [6.45, 7) is 0. The summed E-state index contributed by atoms with van der Waals surface area (Å²) in [6.07, 6.45) is 2.96. The van der Waals surface area contributed by atoms with E-state index in [-0.39, 0.29) is 0 Å². The Morgan fingerprint density at radius 3 is 2.53 bits per heavy atom. The number of nitrogens with one attached hydrogen (secondary N) is 1. The molecule has 4 heteroatoms. The Morgan fingerprint density at radius 2 is 1.87 bits per heavy atom. The molecule has 0 aliphatic carbocycles. The van der Waals surface area contributed by atoms with E-state index in [4.69, 9.17) is 5.11 Å². The van der Waals surface area contributed by atoms with Crippen LogP contribution < -0.4 is 5.32 Å². The van der Waals surface area contributed by atoms with Crippen molar-refractivity contribution in [1.29, 1.82) is 0 Å². The molecule has 0 radical (unpaired) electrons. The first-order chi connectivity index (χ1) is 7.27. The third kappa shape index (κ3) is 2.22. The van der Waals surface area contributed by atoms with Crippen LogP contribution in [0, 0.1) is 0 Å². The molecule has 1 aliphatic heterocycles. The highest BCUT2D eigenvalue weighted by Gasteiger charge is 2.09. The number of benzene rings is 1. The fraction of sp³-hybridized carbons (Fsp3) is 0. The van der Waals surface area contributed by atoms with Crippen molar-refractivity contribution in [3.63, 3.8) is 0 Å². The van der Waals surface area contributed by atoms with E-state index >= 15 is 0 Å². The van der Waals surface area contributed by atoms with Gasteiger partial charge < -0.3 is 5.11 Å². The standard InChI is InChI=1S/C11H11NO2S/c13-11(14)12-9-5-1-2-6-10(9)15-7-3-4-8-15/h1-8,12,15H,(H,13,14). The molecule has 0 aromatic heterocycles. The Morgan fingerprint density at radius 1 is 1.20 bits per heavy atom. The number of carboxylic acid groups (broad SMARTS) is 1. The molecular weight excluding hydrogens is 210 g/mol. The summed E-state index contributed by atoms with van der Waals surface area (Å²) in [7, 11) is -0.479. The van der Waals surface area contributed by atoms with Crippen LogP contribution in [0.25, 0.3) is 0 Å². The minimum Gasteiger partial charge on any atom is -0.465 e. The van der Waals surface area contributed by atoms with Gasteiger partial charge in [0.2, 0.25) is 0 Å². The maximum absolute atomic E-state index is 10.6. The van der Waals surface area contributed by atoms with Crippen molar-refractivity contribution in [3.05, 3.63) is 47.2 Å². The molecule has 0 bridgehead atoms. The summed E-state index contributed by atoms with van der Waals surface area (Å²) >= 11 is 0. The van der Waals surface area contributed by atoms with Gasteiger partial charge in [-0.2, -0.15) is 10.9 Å². The van der Waals surface area contributed by atoms with Gasteiger partial charge in [-0.1, -0.05) is 24.3 Å². The van der Waals surface area contributed by atoms with Crippen molar-refractivity contribution in [2.75, 3.05) is 5.32 Å². The number of hydrogen-bond donors (Lipinski definition) is 3. The maximum Gasteiger partial charge on any atom is 0.409 e. The Hall–Kier alpha value is -1.68. The van der Waals surface area contributed by atoms with Crippen LogP contribution in [-0.2, 0) is 0 Å². The second-order valence-corrected chi connectivity index (χ2v) is 4.93. The Bertz CT molecular complexity index is 428. The molecule has 1 aromatic carbocycles. The minimum absolute atomic E-state index is 0.479. The number of rotatable bonds is 2. The first kappa shape index (κ1) is 9.86. The SMILES string of the molecule is O=C(O)Nc1ccccc1[SH]1C=CC=C1. The van der Waals surface area contributed by atoms with Crippen molar-refractivity contribution in [2.24, 2.45) is 0 Å². The average Bonchev–Trinajstić information content (AvgIpc) is 2.70. The molecule has 0 saturated carbocycles. The van der Waals surface area contributed by atoms with E-state index in [9.17, 15) is 4.79 Å². The highest BCUT2D eigenvalue weighted by molar-refractivity contribution is 8.22.